The summed E-state index contributed by atoms with van der Waals surface area (Å²) in [5.41, 5.74) is 1.89. The van der Waals surface area contributed by atoms with E-state index in [1.807, 2.05) is 25.9 Å². The van der Waals surface area contributed by atoms with E-state index in [-0.39, 0.29) is 36.6 Å². The molecule has 1 unspecified atom stereocenters. The topological polar surface area (TPSA) is 71.4 Å². The van der Waals surface area contributed by atoms with Gasteiger partial charge in [0.05, 0.1) is 31.3 Å². The molecule has 0 aromatic heterocycles. The van der Waals surface area contributed by atoms with E-state index in [4.69, 9.17) is 20.3 Å². The minimum Gasteiger partial charge on any atom is -0.414 e. The number of hydrogen-bond acceptors (Lipinski definition) is 6. The Balaban J connectivity index is 3.24. The van der Waals surface area contributed by atoms with Crippen LogP contribution in [-0.2, 0) is 13.9 Å². The normalized spacial score (nSPS) is 26.0. The van der Waals surface area contributed by atoms with Gasteiger partial charge < -0.3 is 29.0 Å². The first kappa shape index (κ1) is 33.3. The zero-order valence-corrected chi connectivity index (χ0v) is 26.8. The second-order valence-electron chi connectivity index (χ2n) is 12.1. The van der Waals surface area contributed by atoms with E-state index in [0.717, 1.165) is 18.1 Å². The number of nitrogens with zero attached hydrogens (tertiary/aromatic N) is 1. The third-order valence-electron chi connectivity index (χ3n) is 8.51. The third-order valence-corrected chi connectivity index (χ3v) is 17.8. The van der Waals surface area contributed by atoms with Crippen molar-refractivity contribution in [1.82, 2.24) is 4.90 Å². The fraction of sp³-hybridized carbons (Fsp3) is 0.857. The van der Waals surface area contributed by atoms with Crippen LogP contribution in [0.15, 0.2) is 0 Å². The van der Waals surface area contributed by atoms with Crippen molar-refractivity contribution in [1.29, 1.82) is 0 Å². The first-order valence-electron chi connectivity index (χ1n) is 13.5. The van der Waals surface area contributed by atoms with Crippen LogP contribution in [0.5, 0.6) is 0 Å². The molecule has 0 saturated carbocycles. The summed E-state index contributed by atoms with van der Waals surface area (Å²) in [6, 6.07) is 3.09. The Hall–Kier alpha value is -0.686. The third kappa shape index (κ3) is 8.41. The van der Waals surface area contributed by atoms with Crippen molar-refractivity contribution in [3.05, 3.63) is 0 Å². The van der Waals surface area contributed by atoms with Crippen molar-refractivity contribution in [2.75, 3.05) is 20.7 Å². The number of ether oxygens (including phenoxy) is 2. The standard InChI is InChI=1S/C28H53NO5Si2/c1-13-28(31,18-17-19-36(14-2,15-3)16-4)24(21-32-35(11,12)27(6,7)8)34-25-20-23(30)26(29(9)10)22(5)33-25/h1,22-26,30-31H,14-16,18,20-21H2,2-12H3/t22-,23-,24+,25?,26+,28-/m0/s1. The second-order valence-corrected chi connectivity index (χ2v) is 21.9. The minimum atomic E-state index is -2.14. The Labute approximate surface area is 223 Å². The van der Waals surface area contributed by atoms with Crippen LogP contribution in [0, 0.1) is 23.8 Å². The predicted octanol–water partition coefficient (Wildman–Crippen LogP) is 4.62. The molecule has 0 bridgehead atoms. The van der Waals surface area contributed by atoms with Gasteiger partial charge in [0, 0.05) is 6.42 Å². The molecule has 6 nitrogen and oxygen atoms in total. The Kier molecular flexibility index (Phi) is 12.4. The van der Waals surface area contributed by atoms with Crippen LogP contribution in [0.25, 0.3) is 0 Å². The molecule has 1 rings (SSSR count). The van der Waals surface area contributed by atoms with Crippen molar-refractivity contribution < 1.29 is 24.1 Å². The van der Waals surface area contributed by atoms with Crippen molar-refractivity contribution >= 4 is 16.4 Å². The molecule has 1 heterocycles. The van der Waals surface area contributed by atoms with Gasteiger partial charge in [-0.2, -0.15) is 0 Å². The number of aliphatic hydroxyl groups is 2. The summed E-state index contributed by atoms with van der Waals surface area (Å²) in [5, 5.41) is 22.4. The quantitative estimate of drug-likeness (QED) is 0.295. The van der Waals surface area contributed by atoms with Crippen LogP contribution in [0.2, 0.25) is 36.3 Å². The highest BCUT2D eigenvalue weighted by Gasteiger charge is 2.45. The molecule has 0 aromatic carbocycles. The van der Waals surface area contributed by atoms with Gasteiger partial charge in [0.25, 0.3) is 0 Å². The zero-order valence-electron chi connectivity index (χ0n) is 24.8. The van der Waals surface area contributed by atoms with Gasteiger partial charge in [-0.25, -0.2) is 0 Å². The van der Waals surface area contributed by atoms with Crippen molar-refractivity contribution in [3.8, 4) is 23.8 Å². The molecule has 1 aliphatic heterocycles. The van der Waals surface area contributed by atoms with E-state index in [9.17, 15) is 10.2 Å². The van der Waals surface area contributed by atoms with Gasteiger partial charge in [-0.15, -0.1) is 17.9 Å². The summed E-state index contributed by atoms with van der Waals surface area (Å²) in [6.07, 6.45) is 3.89. The highest BCUT2D eigenvalue weighted by atomic mass is 28.4. The lowest BCUT2D eigenvalue weighted by molar-refractivity contribution is -0.266. The van der Waals surface area contributed by atoms with E-state index in [1.54, 1.807) is 0 Å². The summed E-state index contributed by atoms with van der Waals surface area (Å²) in [4.78, 5) is 1.96. The van der Waals surface area contributed by atoms with Crippen LogP contribution in [-0.4, -0.2) is 88.5 Å². The van der Waals surface area contributed by atoms with Crippen LogP contribution < -0.4 is 0 Å². The summed E-state index contributed by atoms with van der Waals surface area (Å²) in [5.74, 6) is 5.84. The predicted molar refractivity (Wildman–Crippen MR) is 154 cm³/mol. The molecule has 1 saturated heterocycles. The van der Waals surface area contributed by atoms with Gasteiger partial charge in [-0.1, -0.05) is 47.5 Å². The number of rotatable bonds is 11. The van der Waals surface area contributed by atoms with Crippen molar-refractivity contribution in [2.24, 2.45) is 0 Å². The minimum absolute atomic E-state index is 0.00876. The lowest BCUT2D eigenvalue weighted by atomic mass is 9.93. The summed E-state index contributed by atoms with van der Waals surface area (Å²) in [6.45, 7) is 19.5. The Morgan fingerprint density at radius 3 is 2.11 bits per heavy atom. The summed E-state index contributed by atoms with van der Waals surface area (Å²) < 4.78 is 18.9. The molecule has 0 aromatic rings. The van der Waals surface area contributed by atoms with E-state index in [1.165, 1.54) is 0 Å². The lowest BCUT2D eigenvalue weighted by Gasteiger charge is -2.44. The Morgan fingerprint density at radius 1 is 1.14 bits per heavy atom. The summed E-state index contributed by atoms with van der Waals surface area (Å²) >= 11 is 0. The highest BCUT2D eigenvalue weighted by molar-refractivity contribution is 6.87. The smallest absolute Gasteiger partial charge is 0.192 e. The first-order valence-corrected chi connectivity index (χ1v) is 19.0. The monoisotopic (exact) mass is 539 g/mol. The zero-order chi connectivity index (χ0) is 27.9. The Bertz CT molecular complexity index is 770. The maximum atomic E-state index is 11.7. The fourth-order valence-corrected chi connectivity index (χ4v) is 7.98. The van der Waals surface area contributed by atoms with Crippen LogP contribution in [0.4, 0.5) is 0 Å². The Morgan fingerprint density at radius 2 is 1.69 bits per heavy atom. The second kappa shape index (κ2) is 13.4. The molecule has 1 fully saturated rings. The van der Waals surface area contributed by atoms with Gasteiger partial charge in [0.15, 0.2) is 20.2 Å². The van der Waals surface area contributed by atoms with Gasteiger partial charge in [0.1, 0.15) is 14.2 Å². The fourth-order valence-electron chi connectivity index (χ4n) is 4.49. The molecular weight excluding hydrogens is 486 g/mol. The maximum Gasteiger partial charge on any atom is 0.192 e. The van der Waals surface area contributed by atoms with E-state index < -0.39 is 40.5 Å². The van der Waals surface area contributed by atoms with Crippen LogP contribution in [0.1, 0.15) is 61.3 Å². The molecule has 0 radical (unpaired) electrons. The number of likely N-dealkylation sites (N-methyl/N-ethyl adjacent to an activating group) is 1. The first-order chi connectivity index (χ1) is 16.5. The molecule has 1 aliphatic rings. The average molecular weight is 540 g/mol. The largest absolute Gasteiger partial charge is 0.414 e. The molecule has 208 valence electrons. The number of aliphatic hydroxyl groups excluding tert-OH is 1. The molecule has 6 atom stereocenters. The van der Waals surface area contributed by atoms with E-state index in [0.29, 0.717) is 0 Å². The lowest BCUT2D eigenvalue weighted by Crippen LogP contribution is -2.57. The molecular formula is C28H53NO5Si2. The number of terminal acetylenes is 1. The molecule has 0 spiro atoms. The van der Waals surface area contributed by atoms with Crippen molar-refractivity contribution in [3.63, 3.8) is 0 Å². The van der Waals surface area contributed by atoms with Gasteiger partial charge in [-0.3, -0.25) is 0 Å². The number of hydrogen-bond donors (Lipinski definition) is 2. The highest BCUT2D eigenvalue weighted by Crippen LogP contribution is 2.37. The SMILES string of the molecule is C#C[C@](O)(CC#C[Si](CC)(CC)CC)[C@@H](CO[Si](C)(C)C(C)(C)C)OC1C[C@H](O)[C@H](N(C)C)[C@H](C)O1. The molecule has 8 heteroatoms. The molecule has 0 aliphatic carbocycles. The van der Waals surface area contributed by atoms with E-state index >= 15 is 0 Å². The molecule has 36 heavy (non-hydrogen) atoms. The van der Waals surface area contributed by atoms with Crippen molar-refractivity contribution in [2.45, 2.75) is 134 Å². The molecule has 2 N–H and O–H groups in total. The van der Waals surface area contributed by atoms with Crippen LogP contribution in [0.3, 0.4) is 0 Å². The van der Waals surface area contributed by atoms with E-state index in [2.05, 4.69) is 72.0 Å². The summed E-state index contributed by atoms with van der Waals surface area (Å²) in [7, 11) is 0.0191. The van der Waals surface area contributed by atoms with Crippen LogP contribution >= 0.6 is 0 Å². The maximum absolute atomic E-state index is 11.7. The average Bonchev–Trinajstić information content (AvgIpc) is 2.78. The van der Waals surface area contributed by atoms with Gasteiger partial charge in [0.2, 0.25) is 0 Å². The molecule has 0 amide bonds. The van der Waals surface area contributed by atoms with Gasteiger partial charge >= 0.3 is 0 Å². The van der Waals surface area contributed by atoms with Gasteiger partial charge in [-0.05, 0) is 57.3 Å².